The van der Waals surface area contributed by atoms with Crippen molar-refractivity contribution in [2.24, 2.45) is 0 Å². The molecule has 0 radical (unpaired) electrons. The van der Waals surface area contributed by atoms with E-state index < -0.39 is 0 Å². The highest BCUT2D eigenvalue weighted by atomic mass is 79.9. The van der Waals surface area contributed by atoms with Crippen molar-refractivity contribution in [2.45, 2.75) is 13.8 Å². The van der Waals surface area contributed by atoms with Gasteiger partial charge in [-0.05, 0) is 79.1 Å². The number of nitriles is 1. The molecule has 0 aliphatic rings. The molecule has 0 saturated heterocycles. The first-order chi connectivity index (χ1) is 18.7. The quantitative estimate of drug-likeness (QED) is 0.223. The number of benzene rings is 2. The first kappa shape index (κ1) is 26.0. The maximum atomic E-state index is 13.7. The van der Waals surface area contributed by atoms with Crippen LogP contribution in [0.15, 0.2) is 71.3 Å². The van der Waals surface area contributed by atoms with Gasteiger partial charge < -0.3 is 19.6 Å². The van der Waals surface area contributed by atoms with Crippen molar-refractivity contribution in [3.8, 4) is 40.0 Å². The van der Waals surface area contributed by atoms with Gasteiger partial charge in [-0.3, -0.25) is 4.79 Å². The molecule has 2 N–H and O–H groups in total. The number of carbonyl (C=O) groups excluding carboxylic acids is 1. The Bertz CT molecular complexity index is 1800. The largest absolute Gasteiger partial charge is 0.493 e. The summed E-state index contributed by atoms with van der Waals surface area (Å²) < 4.78 is 13.7. The van der Waals surface area contributed by atoms with Crippen molar-refractivity contribution in [1.82, 2.24) is 9.38 Å². The van der Waals surface area contributed by atoms with Gasteiger partial charge in [0.15, 0.2) is 11.5 Å². The second kappa shape index (κ2) is 10.3. The third kappa shape index (κ3) is 4.62. The number of nitrogen functional groups attached to an aromatic ring is 1. The summed E-state index contributed by atoms with van der Waals surface area (Å²) in [5, 5.41) is 9.94. The number of anilines is 1. The Labute approximate surface area is 234 Å². The average molecular weight is 581 g/mol. The number of hydrogen-bond acceptors (Lipinski definition) is 6. The number of ether oxygens (including phenoxy) is 2. The van der Waals surface area contributed by atoms with Gasteiger partial charge in [-0.25, -0.2) is 4.98 Å². The number of rotatable bonds is 6. The molecule has 2 aromatic carbocycles. The van der Waals surface area contributed by atoms with E-state index in [1.807, 2.05) is 54.8 Å². The number of aromatic nitrogens is 2. The molecule has 194 valence electrons. The minimum absolute atomic E-state index is 0.102. The molecule has 0 spiro atoms. The van der Waals surface area contributed by atoms with Crippen molar-refractivity contribution in [1.29, 1.82) is 5.26 Å². The van der Waals surface area contributed by atoms with Gasteiger partial charge in [-0.15, -0.1) is 0 Å². The summed E-state index contributed by atoms with van der Waals surface area (Å²) in [4.78, 5) is 18.3. The van der Waals surface area contributed by atoms with Crippen molar-refractivity contribution < 1.29 is 14.3 Å². The molecule has 5 rings (SSSR count). The van der Waals surface area contributed by atoms with Crippen molar-refractivity contribution >= 4 is 33.0 Å². The van der Waals surface area contributed by atoms with Crippen molar-refractivity contribution in [2.75, 3.05) is 20.0 Å². The molecule has 0 unspecified atom stereocenters. The zero-order chi connectivity index (χ0) is 27.8. The fraction of sp³-hybridized carbons (Fsp3) is 0.129. The maximum absolute atomic E-state index is 13.7. The van der Waals surface area contributed by atoms with E-state index in [9.17, 15) is 10.1 Å². The number of fused-ring (bicyclic) bond motifs is 1. The number of aryl methyl sites for hydroxylation is 2. The van der Waals surface area contributed by atoms with Gasteiger partial charge in [0.05, 0.1) is 31.1 Å². The fourth-order valence-corrected chi connectivity index (χ4v) is 5.15. The smallest absolute Gasteiger partial charge is 0.209 e. The normalized spacial score (nSPS) is 10.9. The lowest BCUT2D eigenvalue weighted by Gasteiger charge is -2.13. The van der Waals surface area contributed by atoms with Crippen LogP contribution in [0.2, 0.25) is 0 Å². The van der Waals surface area contributed by atoms with Crippen LogP contribution in [0.1, 0.15) is 32.7 Å². The Morgan fingerprint density at radius 3 is 2.36 bits per heavy atom. The fourth-order valence-electron chi connectivity index (χ4n) is 4.88. The van der Waals surface area contributed by atoms with E-state index in [0.717, 1.165) is 32.2 Å². The number of carbonyl (C=O) groups is 1. The van der Waals surface area contributed by atoms with Crippen LogP contribution in [0, 0.1) is 25.2 Å². The monoisotopic (exact) mass is 580 g/mol. The zero-order valence-corrected chi connectivity index (χ0v) is 23.5. The molecule has 5 aromatic rings. The Balaban J connectivity index is 1.76. The van der Waals surface area contributed by atoms with Gasteiger partial charge in [0.2, 0.25) is 5.78 Å². The van der Waals surface area contributed by atoms with E-state index in [0.29, 0.717) is 34.0 Å². The number of pyridine rings is 2. The van der Waals surface area contributed by atoms with Gasteiger partial charge in [0.1, 0.15) is 17.5 Å². The molecule has 0 aliphatic heterocycles. The lowest BCUT2D eigenvalue weighted by Crippen LogP contribution is -2.05. The third-order valence-electron chi connectivity index (χ3n) is 6.66. The topological polar surface area (TPSA) is 103 Å². The lowest BCUT2D eigenvalue weighted by atomic mass is 9.97. The molecule has 0 aliphatic carbocycles. The van der Waals surface area contributed by atoms with Crippen LogP contribution in [-0.4, -0.2) is 29.4 Å². The van der Waals surface area contributed by atoms with Crippen LogP contribution in [0.5, 0.6) is 11.5 Å². The van der Waals surface area contributed by atoms with E-state index in [-0.39, 0.29) is 17.2 Å². The van der Waals surface area contributed by atoms with E-state index in [1.165, 1.54) is 0 Å². The predicted molar refractivity (Wildman–Crippen MR) is 155 cm³/mol. The minimum Gasteiger partial charge on any atom is -0.493 e. The summed E-state index contributed by atoms with van der Waals surface area (Å²) in [6, 6.07) is 20.6. The highest BCUT2D eigenvalue weighted by Crippen LogP contribution is 2.38. The Hall–Kier alpha value is -4.61. The first-order valence-corrected chi connectivity index (χ1v) is 12.9. The highest BCUT2D eigenvalue weighted by molar-refractivity contribution is 9.10. The Morgan fingerprint density at radius 2 is 1.69 bits per heavy atom. The Morgan fingerprint density at radius 1 is 0.974 bits per heavy atom. The molecule has 0 saturated carbocycles. The van der Waals surface area contributed by atoms with Gasteiger partial charge in [0, 0.05) is 27.4 Å². The van der Waals surface area contributed by atoms with Gasteiger partial charge >= 0.3 is 0 Å². The number of nitrogens with two attached hydrogens (primary N) is 1. The summed E-state index contributed by atoms with van der Waals surface area (Å²) in [5.74, 6) is 1.08. The van der Waals surface area contributed by atoms with Crippen LogP contribution >= 0.6 is 15.9 Å². The first-order valence-electron chi connectivity index (χ1n) is 12.1. The summed E-state index contributed by atoms with van der Waals surface area (Å²) in [6.07, 6.45) is 1.94. The van der Waals surface area contributed by atoms with Crippen LogP contribution < -0.4 is 15.2 Å². The number of methoxy groups -OCH3 is 2. The number of halogens is 1. The molecule has 3 aromatic heterocycles. The van der Waals surface area contributed by atoms with Crippen LogP contribution in [0.4, 0.5) is 5.82 Å². The van der Waals surface area contributed by atoms with E-state index in [2.05, 4.69) is 33.0 Å². The van der Waals surface area contributed by atoms with E-state index >= 15 is 0 Å². The third-order valence-corrected chi connectivity index (χ3v) is 7.18. The summed E-state index contributed by atoms with van der Waals surface area (Å²) >= 11 is 3.43. The molecule has 0 fully saturated rings. The van der Waals surface area contributed by atoms with E-state index in [4.69, 9.17) is 15.2 Å². The van der Waals surface area contributed by atoms with E-state index in [1.54, 1.807) is 38.5 Å². The van der Waals surface area contributed by atoms with Crippen molar-refractivity contribution in [3.63, 3.8) is 0 Å². The second-order valence-corrected chi connectivity index (χ2v) is 10.1. The molecule has 0 atom stereocenters. The SMILES string of the molecule is COc1ccc(-c2cc(-c3cc(C(=O)c4ccc(Br)cc4)n4cc(C)cc(C)c34)nc(N)c2C#N)cc1OC. The molecule has 8 heteroatoms. The Kier molecular flexibility index (Phi) is 6.85. The number of hydrogen-bond donors (Lipinski definition) is 1. The molecular weight excluding hydrogens is 556 g/mol. The molecule has 0 amide bonds. The molecule has 3 heterocycles. The molecule has 39 heavy (non-hydrogen) atoms. The molecule has 0 bridgehead atoms. The summed E-state index contributed by atoms with van der Waals surface area (Å²) in [7, 11) is 3.12. The van der Waals surface area contributed by atoms with Gasteiger partial charge in [-0.1, -0.05) is 28.1 Å². The second-order valence-electron chi connectivity index (χ2n) is 9.20. The summed E-state index contributed by atoms with van der Waals surface area (Å²) in [6.45, 7) is 4.00. The molecular formula is C31H25BrN4O3. The highest BCUT2D eigenvalue weighted by Gasteiger charge is 2.22. The van der Waals surface area contributed by atoms with Crippen LogP contribution in [0.25, 0.3) is 27.9 Å². The summed E-state index contributed by atoms with van der Waals surface area (Å²) in [5.41, 5.74) is 13.1. The number of nitrogens with zero attached hydrogens (tertiary/aromatic N) is 3. The van der Waals surface area contributed by atoms with Gasteiger partial charge in [-0.2, -0.15) is 5.26 Å². The minimum atomic E-state index is -0.115. The zero-order valence-electron chi connectivity index (χ0n) is 21.9. The number of ketones is 1. The maximum Gasteiger partial charge on any atom is 0.209 e. The van der Waals surface area contributed by atoms with Crippen LogP contribution in [0.3, 0.4) is 0 Å². The average Bonchev–Trinajstić information content (AvgIpc) is 3.32. The lowest BCUT2D eigenvalue weighted by molar-refractivity contribution is 0.103. The van der Waals surface area contributed by atoms with Crippen molar-refractivity contribution in [3.05, 3.63) is 99.3 Å². The van der Waals surface area contributed by atoms with Gasteiger partial charge in [0.25, 0.3) is 0 Å². The molecule has 7 nitrogen and oxygen atoms in total. The predicted octanol–water partition coefficient (Wildman–Crippen LogP) is 6.75. The standard InChI is InChI=1S/C31H25BrN4O3/c1-17-11-18(2)29-23(14-26(36(29)16-17)30(37)19-5-8-21(32)9-6-19)25-13-22(24(15-33)31(34)35-25)20-7-10-27(38-3)28(12-20)39-4/h5-14,16H,1-4H3,(H2,34,35). The van der Waals surface area contributed by atoms with Crippen LogP contribution in [-0.2, 0) is 0 Å².